The number of nitrogens with two attached hydrogens (primary N) is 1. The molecule has 2 N–H and O–H groups in total. The number of nitrogens with zero attached hydrogens (tertiary/aromatic N) is 4. The molecule has 0 spiro atoms. The minimum absolute atomic E-state index is 0.0416. The van der Waals surface area contributed by atoms with Gasteiger partial charge in [0.25, 0.3) is 0 Å². The number of unbranched alkanes of at least 4 members (excludes halogenated alkanes) is 1. The van der Waals surface area contributed by atoms with Crippen LogP contribution in [0.4, 0.5) is 5.95 Å². The van der Waals surface area contributed by atoms with Crippen molar-refractivity contribution in [1.29, 1.82) is 0 Å². The highest BCUT2D eigenvalue weighted by Gasteiger charge is 2.42. The molecule has 0 aliphatic carbocycles. The third-order valence-electron chi connectivity index (χ3n) is 8.56. The number of fused-ring (bicyclic) bond motifs is 1. The van der Waals surface area contributed by atoms with Gasteiger partial charge in [0, 0.05) is 20.1 Å². The highest BCUT2D eigenvalue weighted by atomic mass is 16.7. The van der Waals surface area contributed by atoms with Gasteiger partial charge in [-0.05, 0) is 42.0 Å². The average molecular weight is 620 g/mol. The molecule has 0 amide bonds. The molecule has 0 unspecified atom stereocenters. The Hall–Kier alpha value is -4.41. The second-order valence-electron chi connectivity index (χ2n) is 11.5. The zero-order chi connectivity index (χ0) is 31.8. The van der Waals surface area contributed by atoms with E-state index in [2.05, 4.69) is 94.3 Å². The van der Waals surface area contributed by atoms with E-state index in [-0.39, 0.29) is 31.1 Å². The van der Waals surface area contributed by atoms with Crippen molar-refractivity contribution in [2.45, 2.75) is 56.1 Å². The molecular weight excluding hydrogens is 578 g/mol. The summed E-state index contributed by atoms with van der Waals surface area (Å²) in [6.45, 7) is 5.13. The van der Waals surface area contributed by atoms with E-state index in [0.717, 1.165) is 54.6 Å². The number of rotatable bonds is 15. The Labute approximate surface area is 270 Å². The lowest BCUT2D eigenvalue weighted by atomic mass is 9.80. The Balaban J connectivity index is 1.16. The van der Waals surface area contributed by atoms with E-state index in [0.29, 0.717) is 17.8 Å². The molecule has 46 heavy (non-hydrogen) atoms. The number of hydrogen-bond acceptors (Lipinski definition) is 8. The summed E-state index contributed by atoms with van der Waals surface area (Å²) in [4.78, 5) is 13.1. The summed E-state index contributed by atoms with van der Waals surface area (Å²) in [6, 6.07) is 31.2. The van der Waals surface area contributed by atoms with Crippen molar-refractivity contribution in [2.75, 3.05) is 26.2 Å². The minimum Gasteiger partial charge on any atom is -0.370 e. The zero-order valence-corrected chi connectivity index (χ0v) is 26.2. The van der Waals surface area contributed by atoms with Gasteiger partial charge in [-0.2, -0.15) is 4.98 Å². The summed E-state index contributed by atoms with van der Waals surface area (Å²) >= 11 is 0. The van der Waals surface area contributed by atoms with Crippen molar-refractivity contribution in [3.05, 3.63) is 126 Å². The molecule has 0 radical (unpaired) electrons. The molecular formula is C37H41N5O4. The van der Waals surface area contributed by atoms with Gasteiger partial charge in [-0.3, -0.25) is 0 Å². The maximum Gasteiger partial charge on any atom is 0.222 e. The molecule has 0 saturated carbocycles. The van der Waals surface area contributed by atoms with Crippen LogP contribution in [-0.4, -0.2) is 58.3 Å². The Morgan fingerprint density at radius 3 is 2.15 bits per heavy atom. The van der Waals surface area contributed by atoms with Crippen molar-refractivity contribution in [3.8, 4) is 0 Å². The van der Waals surface area contributed by atoms with Crippen LogP contribution in [0.3, 0.4) is 0 Å². The highest BCUT2D eigenvalue weighted by molar-refractivity contribution is 5.80. The number of aryl methyl sites for hydroxylation is 1. The second-order valence-corrected chi connectivity index (χ2v) is 11.5. The largest absolute Gasteiger partial charge is 0.370 e. The predicted octanol–water partition coefficient (Wildman–Crippen LogP) is 6.38. The maximum absolute atomic E-state index is 7.09. The van der Waals surface area contributed by atoms with Crippen molar-refractivity contribution in [1.82, 2.24) is 19.5 Å². The summed E-state index contributed by atoms with van der Waals surface area (Å²) in [5.41, 5.74) is 10.3. The SMILES string of the molecule is C=Cc1nc(N)nc2c1ncn2CCCC[C@H]1C[C@H](OCOC)[C@@H](COC(c2ccccc2)(c2ccccc2)c2ccccc2)O1. The summed E-state index contributed by atoms with van der Waals surface area (Å²) in [7, 11) is 1.64. The van der Waals surface area contributed by atoms with E-state index in [1.807, 2.05) is 22.8 Å². The molecule has 238 valence electrons. The molecule has 0 bridgehead atoms. The number of imidazole rings is 1. The number of anilines is 1. The molecule has 3 heterocycles. The van der Waals surface area contributed by atoms with Crippen LogP contribution in [0.2, 0.25) is 0 Å². The molecule has 3 aromatic carbocycles. The highest BCUT2D eigenvalue weighted by Crippen LogP contribution is 2.41. The van der Waals surface area contributed by atoms with Gasteiger partial charge in [0.2, 0.25) is 5.95 Å². The smallest absolute Gasteiger partial charge is 0.222 e. The molecule has 2 aromatic heterocycles. The first-order valence-electron chi connectivity index (χ1n) is 15.8. The summed E-state index contributed by atoms with van der Waals surface area (Å²) in [5.74, 6) is 0.217. The van der Waals surface area contributed by atoms with Crippen molar-refractivity contribution >= 4 is 23.2 Å². The lowest BCUT2D eigenvalue weighted by Crippen LogP contribution is -2.38. The number of benzene rings is 3. The Morgan fingerprint density at radius 1 is 0.935 bits per heavy atom. The van der Waals surface area contributed by atoms with Crippen LogP contribution in [-0.2, 0) is 31.1 Å². The minimum atomic E-state index is -0.830. The van der Waals surface area contributed by atoms with Crippen molar-refractivity contribution in [2.24, 2.45) is 0 Å². The van der Waals surface area contributed by atoms with Gasteiger partial charge < -0.3 is 29.2 Å². The third kappa shape index (κ3) is 6.73. The monoisotopic (exact) mass is 619 g/mol. The van der Waals surface area contributed by atoms with Gasteiger partial charge in [-0.1, -0.05) is 97.6 Å². The zero-order valence-electron chi connectivity index (χ0n) is 26.2. The maximum atomic E-state index is 7.09. The number of methoxy groups -OCH3 is 1. The van der Waals surface area contributed by atoms with E-state index in [9.17, 15) is 0 Å². The Kier molecular flexibility index (Phi) is 10.1. The number of ether oxygens (including phenoxy) is 4. The molecule has 5 aromatic rings. The van der Waals surface area contributed by atoms with E-state index in [1.54, 1.807) is 19.5 Å². The summed E-state index contributed by atoms with van der Waals surface area (Å²) in [5, 5.41) is 0. The van der Waals surface area contributed by atoms with Crippen LogP contribution in [0.25, 0.3) is 17.2 Å². The van der Waals surface area contributed by atoms with Crippen molar-refractivity contribution < 1.29 is 18.9 Å². The standard InChI is InChI=1S/C37H41N5O4/c1-3-31-34-35(41-36(38)40-31)42(25-39-34)22-14-13-21-30-23-32(44-26-43-2)33(46-30)24-45-37(27-15-7-4-8-16-27,28-17-9-5-10-18-28)29-19-11-6-12-20-29/h3-12,15-20,25,30,32-33H,1,13-14,21-24,26H2,2H3,(H2,38,40,41)/t30-,32-,33+/m0/s1. The van der Waals surface area contributed by atoms with E-state index >= 15 is 0 Å². The lowest BCUT2D eigenvalue weighted by Gasteiger charge is -2.37. The summed E-state index contributed by atoms with van der Waals surface area (Å²) < 4.78 is 27.2. The van der Waals surface area contributed by atoms with Crippen LogP contribution in [0, 0.1) is 0 Å². The molecule has 1 fully saturated rings. The quantitative estimate of drug-likeness (QED) is 0.0818. The molecule has 9 heteroatoms. The van der Waals surface area contributed by atoms with E-state index < -0.39 is 5.60 Å². The number of aromatic nitrogens is 4. The van der Waals surface area contributed by atoms with E-state index in [4.69, 9.17) is 24.7 Å². The molecule has 1 aliphatic rings. The Morgan fingerprint density at radius 2 is 1.57 bits per heavy atom. The van der Waals surface area contributed by atoms with Gasteiger partial charge in [0.1, 0.15) is 24.0 Å². The average Bonchev–Trinajstić information content (AvgIpc) is 3.70. The van der Waals surface area contributed by atoms with Crippen LogP contribution in [0.15, 0.2) is 104 Å². The number of hydrogen-bond donors (Lipinski definition) is 1. The van der Waals surface area contributed by atoms with Crippen LogP contribution >= 0.6 is 0 Å². The fraction of sp³-hybridized carbons (Fsp3) is 0.324. The van der Waals surface area contributed by atoms with Crippen LogP contribution in [0.5, 0.6) is 0 Å². The molecule has 6 rings (SSSR count). The van der Waals surface area contributed by atoms with E-state index in [1.165, 1.54) is 0 Å². The molecule has 9 nitrogen and oxygen atoms in total. The molecule has 1 aliphatic heterocycles. The predicted molar refractivity (Wildman–Crippen MR) is 179 cm³/mol. The normalized spacial score (nSPS) is 18.2. The first-order chi connectivity index (χ1) is 22.6. The first kappa shape index (κ1) is 31.6. The van der Waals surface area contributed by atoms with Gasteiger partial charge in [0.15, 0.2) is 5.65 Å². The number of nitrogen functional groups attached to an aromatic ring is 1. The Bertz CT molecular complexity index is 1600. The van der Waals surface area contributed by atoms with Crippen LogP contribution in [0.1, 0.15) is 48.1 Å². The lowest BCUT2D eigenvalue weighted by molar-refractivity contribution is -0.125. The van der Waals surface area contributed by atoms with Gasteiger partial charge in [0.05, 0.1) is 30.8 Å². The fourth-order valence-electron chi connectivity index (χ4n) is 6.38. The first-order valence-corrected chi connectivity index (χ1v) is 15.8. The van der Waals surface area contributed by atoms with Crippen molar-refractivity contribution in [3.63, 3.8) is 0 Å². The van der Waals surface area contributed by atoms with Gasteiger partial charge in [-0.25, -0.2) is 9.97 Å². The second kappa shape index (κ2) is 14.8. The molecule has 3 atom stereocenters. The van der Waals surface area contributed by atoms with Gasteiger partial charge in [-0.15, -0.1) is 0 Å². The third-order valence-corrected chi connectivity index (χ3v) is 8.56. The van der Waals surface area contributed by atoms with Gasteiger partial charge >= 0.3 is 0 Å². The summed E-state index contributed by atoms with van der Waals surface area (Å²) in [6.07, 6.45) is 6.64. The topological polar surface area (TPSA) is 107 Å². The fourth-order valence-corrected chi connectivity index (χ4v) is 6.38. The van der Waals surface area contributed by atoms with Crippen LogP contribution < -0.4 is 5.73 Å². The molecule has 1 saturated heterocycles.